The van der Waals surface area contributed by atoms with Gasteiger partial charge in [0.25, 0.3) is 0 Å². The quantitative estimate of drug-likeness (QED) is 0.356. The van der Waals surface area contributed by atoms with Crippen molar-refractivity contribution >= 4 is 23.0 Å². The van der Waals surface area contributed by atoms with Crippen LogP contribution in [0, 0.1) is 0 Å². The Labute approximate surface area is 130 Å². The molecule has 1 fully saturated rings. The second-order valence-electron chi connectivity index (χ2n) is 4.85. The summed E-state index contributed by atoms with van der Waals surface area (Å²) in [5, 5.41) is 7.86. The predicted octanol–water partition coefficient (Wildman–Crippen LogP) is 1.19. The zero-order valence-electron chi connectivity index (χ0n) is 12.3. The number of furan rings is 1. The molecule has 6 nitrogen and oxygen atoms in total. The number of hydrazone groups is 1. The molecule has 0 aromatic carbocycles. The van der Waals surface area contributed by atoms with Crippen molar-refractivity contribution in [1.82, 2.24) is 15.6 Å². The van der Waals surface area contributed by atoms with Gasteiger partial charge in [-0.05, 0) is 44.2 Å². The lowest BCUT2D eigenvalue weighted by molar-refractivity contribution is 0.0376. The molecule has 2 N–H and O–H groups in total. The fourth-order valence-corrected chi connectivity index (χ4v) is 2.19. The van der Waals surface area contributed by atoms with Crippen LogP contribution < -0.4 is 10.7 Å². The SMILES string of the molecule is C/C(=N\NC(=S)NCCCN1CCOCC1)c1ccco1. The number of ether oxygens (including phenoxy) is 1. The van der Waals surface area contributed by atoms with Gasteiger partial charge in [0, 0.05) is 19.6 Å². The summed E-state index contributed by atoms with van der Waals surface area (Å²) >= 11 is 5.18. The molecule has 1 aliphatic heterocycles. The number of nitrogens with one attached hydrogen (secondary N) is 2. The molecule has 0 bridgehead atoms. The van der Waals surface area contributed by atoms with Crippen LogP contribution in [0.5, 0.6) is 0 Å². The van der Waals surface area contributed by atoms with E-state index in [2.05, 4.69) is 20.7 Å². The van der Waals surface area contributed by atoms with Crippen molar-refractivity contribution in [1.29, 1.82) is 0 Å². The third kappa shape index (κ3) is 5.82. The Bertz CT molecular complexity index is 456. The number of hydrogen-bond acceptors (Lipinski definition) is 5. The van der Waals surface area contributed by atoms with Crippen LogP contribution in [-0.2, 0) is 4.74 Å². The minimum atomic E-state index is 0.530. The summed E-state index contributed by atoms with van der Waals surface area (Å²) in [4.78, 5) is 2.40. The van der Waals surface area contributed by atoms with Crippen LogP contribution in [0.15, 0.2) is 27.9 Å². The lowest BCUT2D eigenvalue weighted by atomic mass is 10.3. The highest BCUT2D eigenvalue weighted by atomic mass is 32.1. The van der Waals surface area contributed by atoms with Gasteiger partial charge in [-0.2, -0.15) is 5.10 Å². The summed E-state index contributed by atoms with van der Waals surface area (Å²) in [6.07, 6.45) is 2.67. The molecule has 0 atom stereocenters. The molecule has 1 aromatic rings. The minimum Gasteiger partial charge on any atom is -0.463 e. The molecule has 7 heteroatoms. The van der Waals surface area contributed by atoms with Gasteiger partial charge in [0.05, 0.1) is 19.5 Å². The van der Waals surface area contributed by atoms with Gasteiger partial charge in [-0.1, -0.05) is 0 Å². The molecule has 0 spiro atoms. The van der Waals surface area contributed by atoms with E-state index in [1.807, 2.05) is 19.1 Å². The third-order valence-corrected chi connectivity index (χ3v) is 3.48. The van der Waals surface area contributed by atoms with E-state index in [1.54, 1.807) is 6.26 Å². The summed E-state index contributed by atoms with van der Waals surface area (Å²) in [6.45, 7) is 7.49. The second-order valence-corrected chi connectivity index (χ2v) is 5.26. The van der Waals surface area contributed by atoms with Gasteiger partial charge in [-0.25, -0.2) is 0 Å². The van der Waals surface area contributed by atoms with E-state index in [0.717, 1.165) is 57.3 Å². The van der Waals surface area contributed by atoms with E-state index in [-0.39, 0.29) is 0 Å². The standard InChI is InChI=1S/C14H22N4O2S/c1-12(13-4-2-9-20-13)16-17-14(21)15-5-3-6-18-7-10-19-11-8-18/h2,4,9H,3,5-8,10-11H2,1H3,(H2,15,17,21)/b16-12+. The zero-order valence-corrected chi connectivity index (χ0v) is 13.1. The van der Waals surface area contributed by atoms with Crippen molar-refractivity contribution in [3.8, 4) is 0 Å². The Balaban J connectivity index is 1.58. The molecular formula is C14H22N4O2S. The Morgan fingerprint density at radius 3 is 2.95 bits per heavy atom. The average molecular weight is 310 g/mol. The number of rotatable bonds is 6. The highest BCUT2D eigenvalue weighted by Crippen LogP contribution is 2.01. The van der Waals surface area contributed by atoms with E-state index in [1.165, 1.54) is 0 Å². The molecule has 0 amide bonds. The normalized spacial score (nSPS) is 16.7. The smallest absolute Gasteiger partial charge is 0.186 e. The van der Waals surface area contributed by atoms with E-state index in [0.29, 0.717) is 5.11 Å². The Kier molecular flexibility index (Phi) is 6.65. The van der Waals surface area contributed by atoms with Gasteiger partial charge in [0.2, 0.25) is 0 Å². The van der Waals surface area contributed by atoms with Gasteiger partial charge in [0.15, 0.2) is 5.11 Å². The van der Waals surface area contributed by atoms with Gasteiger partial charge in [0.1, 0.15) is 11.5 Å². The first-order chi connectivity index (χ1) is 10.3. The number of hydrogen-bond donors (Lipinski definition) is 2. The Morgan fingerprint density at radius 2 is 2.24 bits per heavy atom. The summed E-state index contributed by atoms with van der Waals surface area (Å²) in [5.74, 6) is 0.734. The second kappa shape index (κ2) is 8.76. The zero-order chi connectivity index (χ0) is 14.9. The molecule has 0 radical (unpaired) electrons. The number of thiocarbonyl (C=S) groups is 1. The van der Waals surface area contributed by atoms with E-state index in [9.17, 15) is 0 Å². The van der Waals surface area contributed by atoms with Gasteiger partial charge in [-0.3, -0.25) is 10.3 Å². The summed E-state index contributed by atoms with van der Waals surface area (Å²) < 4.78 is 10.6. The molecule has 116 valence electrons. The highest BCUT2D eigenvalue weighted by Gasteiger charge is 2.09. The van der Waals surface area contributed by atoms with Crippen LogP contribution >= 0.6 is 12.2 Å². The van der Waals surface area contributed by atoms with Crippen molar-refractivity contribution in [2.75, 3.05) is 39.4 Å². The largest absolute Gasteiger partial charge is 0.463 e. The topological polar surface area (TPSA) is 62.0 Å². The van der Waals surface area contributed by atoms with Crippen LogP contribution in [0.2, 0.25) is 0 Å². The van der Waals surface area contributed by atoms with E-state index in [4.69, 9.17) is 21.4 Å². The van der Waals surface area contributed by atoms with Crippen LogP contribution in [0.4, 0.5) is 0 Å². The minimum absolute atomic E-state index is 0.530. The molecule has 2 heterocycles. The van der Waals surface area contributed by atoms with Crippen molar-refractivity contribution in [3.63, 3.8) is 0 Å². The Hall–Kier alpha value is -1.44. The summed E-state index contributed by atoms with van der Waals surface area (Å²) in [6, 6.07) is 3.69. The summed E-state index contributed by atoms with van der Waals surface area (Å²) in [5.41, 5.74) is 3.59. The number of morpholine rings is 1. The first-order valence-electron chi connectivity index (χ1n) is 7.18. The lowest BCUT2D eigenvalue weighted by Gasteiger charge is -2.26. The van der Waals surface area contributed by atoms with Crippen molar-refractivity contribution < 1.29 is 9.15 Å². The molecule has 0 unspecified atom stereocenters. The molecular weight excluding hydrogens is 288 g/mol. The fourth-order valence-electron chi connectivity index (χ4n) is 2.04. The van der Waals surface area contributed by atoms with Crippen molar-refractivity contribution in [2.24, 2.45) is 5.10 Å². The average Bonchev–Trinajstić information content (AvgIpc) is 3.05. The monoisotopic (exact) mass is 310 g/mol. The first-order valence-corrected chi connectivity index (χ1v) is 7.58. The predicted molar refractivity (Wildman–Crippen MR) is 86.5 cm³/mol. The lowest BCUT2D eigenvalue weighted by Crippen LogP contribution is -2.39. The molecule has 0 aliphatic carbocycles. The van der Waals surface area contributed by atoms with Crippen LogP contribution in [0.25, 0.3) is 0 Å². The third-order valence-electron chi connectivity index (χ3n) is 3.24. The maximum absolute atomic E-state index is 5.32. The molecule has 1 saturated heterocycles. The summed E-state index contributed by atoms with van der Waals surface area (Å²) in [7, 11) is 0. The van der Waals surface area contributed by atoms with Crippen molar-refractivity contribution in [2.45, 2.75) is 13.3 Å². The number of nitrogens with zero attached hydrogens (tertiary/aromatic N) is 2. The maximum atomic E-state index is 5.32. The van der Waals surface area contributed by atoms with E-state index < -0.39 is 0 Å². The Morgan fingerprint density at radius 1 is 1.43 bits per heavy atom. The molecule has 2 rings (SSSR count). The maximum Gasteiger partial charge on any atom is 0.186 e. The molecule has 1 aliphatic rings. The molecule has 0 saturated carbocycles. The fraction of sp³-hybridized carbons (Fsp3) is 0.571. The van der Waals surface area contributed by atoms with Gasteiger partial charge >= 0.3 is 0 Å². The van der Waals surface area contributed by atoms with Gasteiger partial charge < -0.3 is 14.5 Å². The van der Waals surface area contributed by atoms with Crippen LogP contribution in [-0.4, -0.2) is 55.1 Å². The van der Waals surface area contributed by atoms with E-state index >= 15 is 0 Å². The van der Waals surface area contributed by atoms with Crippen molar-refractivity contribution in [3.05, 3.63) is 24.2 Å². The molecule has 21 heavy (non-hydrogen) atoms. The molecule has 1 aromatic heterocycles. The van der Waals surface area contributed by atoms with Crippen LogP contribution in [0.1, 0.15) is 19.1 Å². The highest BCUT2D eigenvalue weighted by molar-refractivity contribution is 7.80. The van der Waals surface area contributed by atoms with Gasteiger partial charge in [-0.15, -0.1) is 0 Å². The first kappa shape index (κ1) is 15.9. The van der Waals surface area contributed by atoms with Crippen LogP contribution in [0.3, 0.4) is 0 Å².